The number of aromatic nitrogens is 4. The standard InChI is InChI=1S/C57H36N4/c1-4-17-38(18-5-1)55-58-56(39-19-6-2-7-20-39)60-57(59-55)40-33-31-37(32-34-40)49-35-50-44-25-12-10-23-42(44)43-24-11-13-26-45(43)51(50)36-52(49)48-29-16-28-47-46-27-14-15-30-53(46)61(54(47)48)41-21-8-3-9-22-41/h1-36H. The number of benzene rings is 10. The molecule has 0 bridgehead atoms. The summed E-state index contributed by atoms with van der Waals surface area (Å²) < 4.78 is 2.44. The molecular weight excluding hydrogens is 741 g/mol. The Labute approximate surface area is 352 Å². The van der Waals surface area contributed by atoms with E-state index in [-0.39, 0.29) is 0 Å². The molecule has 0 saturated heterocycles. The van der Waals surface area contributed by atoms with Crippen molar-refractivity contribution >= 4 is 54.1 Å². The summed E-state index contributed by atoms with van der Waals surface area (Å²) in [6, 6.07) is 77.8. The number of hydrogen-bond acceptors (Lipinski definition) is 3. The van der Waals surface area contributed by atoms with Gasteiger partial charge in [-0.2, -0.15) is 0 Å². The Morgan fingerprint density at radius 2 is 0.672 bits per heavy atom. The van der Waals surface area contributed by atoms with Crippen LogP contribution in [-0.4, -0.2) is 19.5 Å². The Bertz CT molecular complexity index is 3560. The monoisotopic (exact) mass is 776 g/mol. The van der Waals surface area contributed by atoms with E-state index >= 15 is 0 Å². The molecule has 4 nitrogen and oxygen atoms in total. The Kier molecular flexibility index (Phi) is 8.13. The van der Waals surface area contributed by atoms with Crippen molar-refractivity contribution < 1.29 is 0 Å². The summed E-state index contributed by atoms with van der Waals surface area (Å²) in [6.07, 6.45) is 0. The lowest BCUT2D eigenvalue weighted by Crippen LogP contribution is -2.00. The van der Waals surface area contributed by atoms with Gasteiger partial charge in [-0.3, -0.25) is 0 Å². The van der Waals surface area contributed by atoms with Gasteiger partial charge >= 0.3 is 0 Å². The quantitative estimate of drug-likeness (QED) is 0.158. The van der Waals surface area contributed by atoms with Gasteiger partial charge < -0.3 is 4.57 Å². The summed E-state index contributed by atoms with van der Waals surface area (Å²) in [5.41, 5.74) is 10.9. The molecule has 0 aliphatic heterocycles. The molecule has 0 radical (unpaired) electrons. The molecule has 10 aromatic carbocycles. The minimum Gasteiger partial charge on any atom is -0.309 e. The van der Waals surface area contributed by atoms with Crippen LogP contribution in [0.15, 0.2) is 218 Å². The van der Waals surface area contributed by atoms with Crippen LogP contribution in [0, 0.1) is 0 Å². The SMILES string of the molecule is c1ccc(-c2nc(-c3ccccc3)nc(-c3ccc(-c4cc5c6ccccc6c6ccccc6c5cc4-c4cccc5c6ccccc6n(-c6ccccc6)c45)cc3)n2)cc1. The molecule has 0 amide bonds. The Hall–Kier alpha value is -8.21. The minimum absolute atomic E-state index is 0.632. The summed E-state index contributed by atoms with van der Waals surface area (Å²) >= 11 is 0. The molecule has 2 heterocycles. The molecule has 0 unspecified atom stereocenters. The average molecular weight is 777 g/mol. The highest BCUT2D eigenvalue weighted by Gasteiger charge is 2.21. The van der Waals surface area contributed by atoms with E-state index in [4.69, 9.17) is 15.0 Å². The predicted octanol–water partition coefficient (Wildman–Crippen LogP) is 14.8. The van der Waals surface area contributed by atoms with E-state index in [2.05, 4.69) is 162 Å². The van der Waals surface area contributed by atoms with Crippen molar-refractivity contribution in [2.75, 3.05) is 0 Å². The van der Waals surface area contributed by atoms with Crippen molar-refractivity contribution in [3.05, 3.63) is 218 Å². The van der Waals surface area contributed by atoms with Crippen LogP contribution in [0.25, 0.3) is 116 Å². The maximum absolute atomic E-state index is 5.04. The molecule has 0 fully saturated rings. The van der Waals surface area contributed by atoms with Crippen molar-refractivity contribution in [3.63, 3.8) is 0 Å². The minimum atomic E-state index is 0.632. The molecule has 284 valence electrons. The first-order valence-corrected chi connectivity index (χ1v) is 20.7. The fraction of sp³-hybridized carbons (Fsp3) is 0. The lowest BCUT2D eigenvalue weighted by atomic mass is 9.86. The summed E-state index contributed by atoms with van der Waals surface area (Å²) in [7, 11) is 0. The van der Waals surface area contributed by atoms with E-state index in [9.17, 15) is 0 Å². The zero-order chi connectivity index (χ0) is 40.3. The maximum atomic E-state index is 5.04. The van der Waals surface area contributed by atoms with E-state index < -0.39 is 0 Å². The summed E-state index contributed by atoms with van der Waals surface area (Å²) in [5.74, 6) is 1.92. The van der Waals surface area contributed by atoms with Gasteiger partial charge in [0, 0.05) is 38.7 Å². The highest BCUT2D eigenvalue weighted by Crippen LogP contribution is 2.46. The average Bonchev–Trinajstić information content (AvgIpc) is 3.69. The maximum Gasteiger partial charge on any atom is 0.164 e. The van der Waals surface area contributed by atoms with Crippen LogP contribution in [0.1, 0.15) is 0 Å². The van der Waals surface area contributed by atoms with Crippen molar-refractivity contribution in [1.29, 1.82) is 0 Å². The molecule has 12 aromatic rings. The molecule has 61 heavy (non-hydrogen) atoms. The smallest absolute Gasteiger partial charge is 0.164 e. The summed E-state index contributed by atoms with van der Waals surface area (Å²) in [4.78, 5) is 15.0. The first kappa shape index (κ1) is 34.8. The zero-order valence-corrected chi connectivity index (χ0v) is 33.1. The second-order valence-electron chi connectivity index (χ2n) is 15.5. The van der Waals surface area contributed by atoms with Crippen LogP contribution >= 0.6 is 0 Å². The molecule has 2 aromatic heterocycles. The number of rotatable bonds is 6. The van der Waals surface area contributed by atoms with E-state index in [0.29, 0.717) is 17.5 Å². The lowest BCUT2D eigenvalue weighted by molar-refractivity contribution is 1.07. The van der Waals surface area contributed by atoms with Crippen LogP contribution in [0.3, 0.4) is 0 Å². The van der Waals surface area contributed by atoms with Gasteiger partial charge in [0.1, 0.15) is 0 Å². The third-order valence-electron chi connectivity index (χ3n) is 12.0. The van der Waals surface area contributed by atoms with E-state index in [1.807, 2.05) is 60.7 Å². The van der Waals surface area contributed by atoms with Gasteiger partial charge in [-0.25, -0.2) is 15.0 Å². The van der Waals surface area contributed by atoms with Crippen molar-refractivity contribution in [1.82, 2.24) is 19.5 Å². The Morgan fingerprint density at radius 1 is 0.262 bits per heavy atom. The Balaban J connectivity index is 1.12. The number of para-hydroxylation sites is 3. The van der Waals surface area contributed by atoms with Crippen LogP contribution < -0.4 is 0 Å². The van der Waals surface area contributed by atoms with E-state index in [1.165, 1.54) is 65.3 Å². The Morgan fingerprint density at radius 3 is 1.23 bits per heavy atom. The summed E-state index contributed by atoms with van der Waals surface area (Å²) in [6.45, 7) is 0. The molecular formula is C57H36N4. The third-order valence-corrected chi connectivity index (χ3v) is 12.0. The molecule has 0 N–H and O–H groups in total. The second-order valence-corrected chi connectivity index (χ2v) is 15.5. The number of fused-ring (bicyclic) bond motifs is 9. The van der Waals surface area contributed by atoms with Crippen LogP contribution in [0.4, 0.5) is 0 Å². The van der Waals surface area contributed by atoms with Gasteiger partial charge in [-0.1, -0.05) is 188 Å². The topological polar surface area (TPSA) is 43.6 Å². The molecule has 0 aliphatic rings. The fourth-order valence-corrected chi connectivity index (χ4v) is 9.23. The van der Waals surface area contributed by atoms with Crippen molar-refractivity contribution in [3.8, 4) is 62.1 Å². The fourth-order valence-electron chi connectivity index (χ4n) is 9.23. The van der Waals surface area contributed by atoms with Gasteiger partial charge in [0.25, 0.3) is 0 Å². The number of nitrogens with zero attached hydrogens (tertiary/aromatic N) is 4. The highest BCUT2D eigenvalue weighted by molar-refractivity contribution is 6.27. The van der Waals surface area contributed by atoms with Gasteiger partial charge in [-0.15, -0.1) is 0 Å². The highest BCUT2D eigenvalue weighted by atomic mass is 15.0. The molecule has 0 aliphatic carbocycles. The molecule has 0 atom stereocenters. The first-order valence-electron chi connectivity index (χ1n) is 20.7. The summed E-state index contributed by atoms with van der Waals surface area (Å²) in [5, 5.41) is 9.91. The molecule has 0 saturated carbocycles. The molecule has 12 rings (SSSR count). The van der Waals surface area contributed by atoms with Crippen LogP contribution in [0.2, 0.25) is 0 Å². The molecule has 4 heteroatoms. The molecule has 0 spiro atoms. The van der Waals surface area contributed by atoms with Crippen LogP contribution in [-0.2, 0) is 0 Å². The normalized spacial score (nSPS) is 11.6. The van der Waals surface area contributed by atoms with E-state index in [1.54, 1.807) is 0 Å². The largest absolute Gasteiger partial charge is 0.309 e. The predicted molar refractivity (Wildman–Crippen MR) is 254 cm³/mol. The van der Waals surface area contributed by atoms with Gasteiger partial charge in [0.15, 0.2) is 17.5 Å². The lowest BCUT2D eigenvalue weighted by Gasteiger charge is -2.18. The van der Waals surface area contributed by atoms with Crippen molar-refractivity contribution in [2.45, 2.75) is 0 Å². The van der Waals surface area contributed by atoms with Crippen molar-refractivity contribution in [2.24, 2.45) is 0 Å². The van der Waals surface area contributed by atoms with Gasteiger partial charge in [0.05, 0.1) is 11.0 Å². The number of hydrogen-bond donors (Lipinski definition) is 0. The van der Waals surface area contributed by atoms with Gasteiger partial charge in [0.2, 0.25) is 0 Å². The first-order chi connectivity index (χ1) is 30.3. The van der Waals surface area contributed by atoms with Crippen LogP contribution in [0.5, 0.6) is 0 Å². The third kappa shape index (κ3) is 5.80. The van der Waals surface area contributed by atoms with Gasteiger partial charge in [-0.05, 0) is 79.3 Å². The second kappa shape index (κ2) is 14.3. The van der Waals surface area contributed by atoms with E-state index in [0.717, 1.165) is 33.5 Å². The zero-order valence-electron chi connectivity index (χ0n) is 33.1.